The highest BCUT2D eigenvalue weighted by atomic mass is 32.2. The Morgan fingerprint density at radius 3 is 1.80 bits per heavy atom. The van der Waals surface area contributed by atoms with Gasteiger partial charge in [0.2, 0.25) is 5.91 Å². The summed E-state index contributed by atoms with van der Waals surface area (Å²) in [5.41, 5.74) is -8.68. The fraction of sp³-hybridized carbons (Fsp3) is 0.500. The van der Waals surface area contributed by atoms with Gasteiger partial charge in [0.05, 0.1) is 10.5 Å². The van der Waals surface area contributed by atoms with E-state index in [2.05, 4.69) is 0 Å². The summed E-state index contributed by atoms with van der Waals surface area (Å²) in [6, 6.07) is 5.50. The molecule has 2 aromatic carbocycles. The number of amides is 1. The molecule has 2 aromatic rings. The highest BCUT2D eigenvalue weighted by Crippen LogP contribution is 2.56. The van der Waals surface area contributed by atoms with E-state index in [1.165, 1.54) is 4.90 Å². The number of piperidine rings is 1. The van der Waals surface area contributed by atoms with Crippen LogP contribution in [-0.2, 0) is 25.0 Å². The number of alkyl halides is 7. The van der Waals surface area contributed by atoms with E-state index in [4.69, 9.17) is 0 Å². The summed E-state index contributed by atoms with van der Waals surface area (Å²) < 4.78 is 133. The number of sulfone groups is 1. The first-order valence-corrected chi connectivity index (χ1v) is 13.7. The van der Waals surface area contributed by atoms with Gasteiger partial charge in [-0.15, -0.1) is 0 Å². The van der Waals surface area contributed by atoms with Crippen LogP contribution in [0.5, 0.6) is 0 Å². The van der Waals surface area contributed by atoms with Crippen molar-refractivity contribution < 1.29 is 53.4 Å². The molecule has 0 aromatic heterocycles. The average molecular weight is 600 g/mol. The molecule has 2 aliphatic rings. The van der Waals surface area contributed by atoms with Gasteiger partial charge < -0.3 is 10.0 Å². The Morgan fingerprint density at radius 1 is 0.875 bits per heavy atom. The first-order valence-electron chi connectivity index (χ1n) is 12.2. The van der Waals surface area contributed by atoms with Crippen LogP contribution in [0.4, 0.5) is 35.1 Å². The number of carbonyl (C=O) groups is 1. The van der Waals surface area contributed by atoms with Crippen molar-refractivity contribution in [1.82, 2.24) is 4.90 Å². The topological polar surface area (TPSA) is 74.7 Å². The molecule has 220 valence electrons. The van der Waals surface area contributed by atoms with Crippen molar-refractivity contribution >= 4 is 15.7 Å². The third kappa shape index (κ3) is 4.86. The number of aliphatic hydroxyl groups is 1. The first-order chi connectivity index (χ1) is 18.3. The number of benzene rings is 2. The predicted molar refractivity (Wildman–Crippen MR) is 126 cm³/mol. The zero-order valence-corrected chi connectivity index (χ0v) is 21.8. The Bertz CT molecular complexity index is 1340. The molecule has 0 atom stereocenters. The smallest absolute Gasteiger partial charge is 0.390 e. The van der Waals surface area contributed by atoms with Crippen LogP contribution in [0.3, 0.4) is 0 Å². The minimum Gasteiger partial charge on any atom is -0.390 e. The molecule has 0 bridgehead atoms. The van der Waals surface area contributed by atoms with Crippen LogP contribution in [0.25, 0.3) is 0 Å². The molecule has 1 aliphatic carbocycles. The highest BCUT2D eigenvalue weighted by molar-refractivity contribution is 7.92. The van der Waals surface area contributed by atoms with Gasteiger partial charge in [-0.1, -0.05) is 24.3 Å². The van der Waals surface area contributed by atoms with Gasteiger partial charge in [-0.25, -0.2) is 17.2 Å². The lowest BCUT2D eigenvalue weighted by molar-refractivity contribution is -0.348. The number of carbonyl (C=O) groups excluding carboxylic acids is 1. The predicted octanol–water partition coefficient (Wildman–Crippen LogP) is 5.57. The second-order valence-corrected chi connectivity index (χ2v) is 12.9. The molecular formula is C26H25F8NO4S. The van der Waals surface area contributed by atoms with Gasteiger partial charge in [0.25, 0.3) is 0 Å². The van der Waals surface area contributed by atoms with Gasteiger partial charge in [0.15, 0.2) is 9.84 Å². The minimum absolute atomic E-state index is 0.211. The first kappa shape index (κ1) is 30.2. The maximum atomic E-state index is 14.6. The van der Waals surface area contributed by atoms with E-state index in [1.54, 1.807) is 6.92 Å². The molecule has 1 saturated heterocycles. The van der Waals surface area contributed by atoms with E-state index in [0.717, 1.165) is 24.3 Å². The SMILES string of the molecule is CC1(O)CCN(C(=O)[C@H]2C[C@@](c3ccc(C(F)(C(F)(F)F)C(F)(F)F)cc3)(S(=O)(=O)c3ccc(F)cc3)C2)CC1. The molecule has 1 saturated carbocycles. The van der Waals surface area contributed by atoms with Crippen molar-refractivity contribution in [3.63, 3.8) is 0 Å². The Hall–Kier alpha value is -2.74. The summed E-state index contributed by atoms with van der Waals surface area (Å²) in [6.07, 6.45) is -12.9. The quantitative estimate of drug-likeness (QED) is 0.361. The van der Waals surface area contributed by atoms with Crippen molar-refractivity contribution in [3.8, 4) is 0 Å². The van der Waals surface area contributed by atoms with Crippen LogP contribution < -0.4 is 0 Å². The molecule has 1 amide bonds. The van der Waals surface area contributed by atoms with E-state index in [9.17, 15) is 53.4 Å². The zero-order valence-electron chi connectivity index (χ0n) is 21.0. The fourth-order valence-corrected chi connectivity index (χ4v) is 7.55. The van der Waals surface area contributed by atoms with Crippen LogP contribution in [0.2, 0.25) is 0 Å². The van der Waals surface area contributed by atoms with Crippen molar-refractivity contribution in [2.75, 3.05) is 13.1 Å². The van der Waals surface area contributed by atoms with Crippen molar-refractivity contribution in [1.29, 1.82) is 0 Å². The van der Waals surface area contributed by atoms with Gasteiger partial charge in [-0.05, 0) is 62.4 Å². The maximum Gasteiger partial charge on any atom is 0.435 e. The van der Waals surface area contributed by atoms with Gasteiger partial charge in [-0.2, -0.15) is 26.3 Å². The third-order valence-electron chi connectivity index (χ3n) is 7.88. The minimum atomic E-state index is -6.35. The Morgan fingerprint density at radius 2 is 1.35 bits per heavy atom. The summed E-state index contributed by atoms with van der Waals surface area (Å²) in [7, 11) is -4.47. The molecule has 0 unspecified atom stereocenters. The third-order valence-corrected chi connectivity index (χ3v) is 10.4. The molecule has 5 nitrogen and oxygen atoms in total. The summed E-state index contributed by atoms with van der Waals surface area (Å²) in [5, 5.41) is 10.1. The van der Waals surface area contributed by atoms with E-state index in [1.807, 2.05) is 0 Å². The van der Waals surface area contributed by atoms with E-state index in [-0.39, 0.29) is 61.4 Å². The second kappa shape index (κ2) is 9.68. The maximum absolute atomic E-state index is 14.6. The molecule has 14 heteroatoms. The van der Waals surface area contributed by atoms with Crippen LogP contribution >= 0.6 is 0 Å². The van der Waals surface area contributed by atoms with Gasteiger partial charge >= 0.3 is 18.0 Å². The lowest BCUT2D eigenvalue weighted by Gasteiger charge is -2.48. The van der Waals surface area contributed by atoms with Crippen LogP contribution in [-0.4, -0.2) is 55.4 Å². The van der Waals surface area contributed by atoms with E-state index < -0.39 is 61.4 Å². The summed E-state index contributed by atoms with van der Waals surface area (Å²) in [4.78, 5) is 14.2. The molecule has 0 spiro atoms. The number of halogens is 8. The Balaban J connectivity index is 1.72. The monoisotopic (exact) mass is 599 g/mol. The highest BCUT2D eigenvalue weighted by Gasteiger charge is 2.73. The Labute approximate surface area is 224 Å². The molecule has 1 aliphatic heterocycles. The van der Waals surface area contributed by atoms with Crippen LogP contribution in [0.15, 0.2) is 53.4 Å². The standard InChI is InChI=1S/C26H25F8NO4S/c1-22(37)10-12-35(13-11-22)21(36)16-14-23(15-16,40(38,39)20-8-6-19(27)7-9-20)17-2-4-18(5-3-17)24(28,25(29,30)31)26(32,33)34/h2-9,16,37H,10-15H2,1H3/t16-,23+. The molecule has 1 heterocycles. The van der Waals surface area contributed by atoms with Crippen molar-refractivity contribution in [3.05, 3.63) is 65.5 Å². The number of likely N-dealkylation sites (tertiary alicyclic amines) is 1. The van der Waals surface area contributed by atoms with E-state index >= 15 is 0 Å². The van der Waals surface area contributed by atoms with Crippen LogP contribution in [0, 0.1) is 11.7 Å². The molecule has 1 N–H and O–H groups in total. The lowest BCUT2D eigenvalue weighted by atomic mass is 9.69. The average Bonchev–Trinajstić information content (AvgIpc) is 2.82. The van der Waals surface area contributed by atoms with Crippen molar-refractivity contribution in [2.45, 2.75) is 65.9 Å². The molecule has 0 radical (unpaired) electrons. The van der Waals surface area contributed by atoms with Gasteiger partial charge in [0.1, 0.15) is 10.6 Å². The van der Waals surface area contributed by atoms with Crippen molar-refractivity contribution in [2.24, 2.45) is 5.92 Å². The summed E-state index contributed by atoms with van der Waals surface area (Å²) in [5.74, 6) is -2.02. The number of nitrogens with zero attached hydrogens (tertiary/aromatic N) is 1. The van der Waals surface area contributed by atoms with Gasteiger partial charge in [-0.3, -0.25) is 4.79 Å². The van der Waals surface area contributed by atoms with Crippen LogP contribution in [0.1, 0.15) is 43.7 Å². The molecular weight excluding hydrogens is 574 g/mol. The summed E-state index contributed by atoms with van der Waals surface area (Å²) >= 11 is 0. The largest absolute Gasteiger partial charge is 0.435 e. The zero-order chi connectivity index (χ0) is 29.9. The number of hydrogen-bond donors (Lipinski definition) is 1. The molecule has 4 rings (SSSR count). The lowest BCUT2D eigenvalue weighted by Crippen LogP contribution is -2.55. The normalized spacial score (nSPS) is 23.9. The number of rotatable bonds is 5. The second-order valence-electron chi connectivity index (χ2n) is 10.6. The molecule has 2 fully saturated rings. The van der Waals surface area contributed by atoms with Gasteiger partial charge in [0, 0.05) is 24.6 Å². The fourth-order valence-electron chi connectivity index (χ4n) is 5.32. The summed E-state index contributed by atoms with van der Waals surface area (Å²) in [6.45, 7) is 2.04. The number of hydrogen-bond acceptors (Lipinski definition) is 4. The molecule has 40 heavy (non-hydrogen) atoms. The Kier molecular flexibility index (Phi) is 7.31. The van der Waals surface area contributed by atoms with E-state index in [0.29, 0.717) is 12.1 Å².